The molecule has 2 aromatic carbocycles. The summed E-state index contributed by atoms with van der Waals surface area (Å²) in [6.45, 7) is 3.25. The number of hydrogen-bond acceptors (Lipinski definition) is 5. The van der Waals surface area contributed by atoms with E-state index in [1.54, 1.807) is 4.90 Å². The number of carbonyl (C=O) groups excluding carboxylic acids is 1. The summed E-state index contributed by atoms with van der Waals surface area (Å²) in [6.07, 6.45) is 0. The quantitative estimate of drug-likeness (QED) is 0.736. The normalized spacial score (nSPS) is 18.4. The maximum absolute atomic E-state index is 14.4. The van der Waals surface area contributed by atoms with E-state index in [0.29, 0.717) is 26.2 Å². The van der Waals surface area contributed by atoms with Crippen LogP contribution in [0, 0.1) is 5.82 Å². The van der Waals surface area contributed by atoms with Crippen LogP contribution in [0.2, 0.25) is 0 Å². The van der Waals surface area contributed by atoms with Gasteiger partial charge in [0.25, 0.3) is 5.91 Å². The van der Waals surface area contributed by atoms with E-state index in [-0.39, 0.29) is 37.8 Å². The molecule has 0 bridgehead atoms. The number of para-hydroxylation sites is 1. The number of rotatable bonds is 4. The molecule has 0 spiro atoms. The van der Waals surface area contributed by atoms with Crippen LogP contribution < -0.4 is 4.90 Å². The van der Waals surface area contributed by atoms with Gasteiger partial charge >= 0.3 is 0 Å². The lowest BCUT2D eigenvalue weighted by Gasteiger charge is -2.36. The van der Waals surface area contributed by atoms with Gasteiger partial charge in [0.15, 0.2) is 0 Å². The second-order valence-electron chi connectivity index (χ2n) is 7.28. The smallest absolute Gasteiger partial charge is 0.254 e. The molecule has 30 heavy (non-hydrogen) atoms. The van der Waals surface area contributed by atoms with Crippen LogP contribution in [-0.2, 0) is 14.8 Å². The standard InChI is InChI=1S/C21H24FN3O4S/c22-19-7-6-17(16-20(19)30(27,28)25-12-14-29-15-13-25)21(26)24-10-8-23(9-11-24)18-4-2-1-3-5-18/h1-7,16H,8-15H2. The Kier molecular flexibility index (Phi) is 6.03. The second-order valence-corrected chi connectivity index (χ2v) is 9.18. The van der Waals surface area contributed by atoms with Crippen LogP contribution in [0.4, 0.5) is 10.1 Å². The molecule has 0 aromatic heterocycles. The zero-order valence-electron chi connectivity index (χ0n) is 16.5. The fourth-order valence-electron chi connectivity index (χ4n) is 3.75. The summed E-state index contributed by atoms with van der Waals surface area (Å²) in [5, 5.41) is 0. The maximum Gasteiger partial charge on any atom is 0.254 e. The molecule has 0 saturated carbocycles. The van der Waals surface area contributed by atoms with Crippen molar-refractivity contribution in [3.8, 4) is 0 Å². The van der Waals surface area contributed by atoms with E-state index in [2.05, 4.69) is 4.90 Å². The van der Waals surface area contributed by atoms with Gasteiger partial charge in [-0.05, 0) is 30.3 Å². The molecule has 2 aliphatic heterocycles. The Morgan fingerprint density at radius 1 is 0.900 bits per heavy atom. The highest BCUT2D eigenvalue weighted by Crippen LogP contribution is 2.23. The SMILES string of the molecule is O=C(c1ccc(F)c(S(=O)(=O)N2CCOCC2)c1)N1CCN(c2ccccc2)CC1. The molecule has 0 radical (unpaired) electrons. The molecule has 0 atom stereocenters. The summed E-state index contributed by atoms with van der Waals surface area (Å²) in [4.78, 5) is 16.4. The van der Waals surface area contributed by atoms with Gasteiger partial charge in [0.05, 0.1) is 13.2 Å². The number of halogens is 1. The molecule has 2 heterocycles. The Bertz CT molecular complexity index is 1000. The summed E-state index contributed by atoms with van der Waals surface area (Å²) in [5.74, 6) is -1.15. The lowest BCUT2D eigenvalue weighted by molar-refractivity contribution is 0.0728. The second kappa shape index (κ2) is 8.71. The van der Waals surface area contributed by atoms with E-state index in [0.717, 1.165) is 17.8 Å². The van der Waals surface area contributed by atoms with Crippen molar-refractivity contribution in [2.75, 3.05) is 57.4 Å². The van der Waals surface area contributed by atoms with Gasteiger partial charge in [-0.2, -0.15) is 4.31 Å². The third-order valence-corrected chi connectivity index (χ3v) is 7.37. The zero-order chi connectivity index (χ0) is 21.1. The summed E-state index contributed by atoms with van der Waals surface area (Å²) in [6, 6.07) is 13.5. The number of hydrogen-bond donors (Lipinski definition) is 0. The van der Waals surface area contributed by atoms with Crippen molar-refractivity contribution in [3.05, 3.63) is 59.9 Å². The molecular formula is C21H24FN3O4S. The van der Waals surface area contributed by atoms with Crippen molar-refractivity contribution in [3.63, 3.8) is 0 Å². The van der Waals surface area contributed by atoms with Crippen LogP contribution >= 0.6 is 0 Å². The Balaban J connectivity index is 1.49. The van der Waals surface area contributed by atoms with E-state index >= 15 is 0 Å². The largest absolute Gasteiger partial charge is 0.379 e. The Morgan fingerprint density at radius 2 is 1.57 bits per heavy atom. The maximum atomic E-state index is 14.4. The lowest BCUT2D eigenvalue weighted by Crippen LogP contribution is -2.48. The first-order valence-corrected chi connectivity index (χ1v) is 11.4. The Morgan fingerprint density at radius 3 is 2.23 bits per heavy atom. The van der Waals surface area contributed by atoms with Crippen LogP contribution in [0.25, 0.3) is 0 Å². The highest BCUT2D eigenvalue weighted by atomic mass is 32.2. The Labute approximate surface area is 175 Å². The molecule has 7 nitrogen and oxygen atoms in total. The molecule has 2 aliphatic rings. The van der Waals surface area contributed by atoms with Gasteiger partial charge in [0.2, 0.25) is 10.0 Å². The molecule has 0 aliphatic carbocycles. The number of benzene rings is 2. The van der Waals surface area contributed by atoms with E-state index < -0.39 is 20.7 Å². The topological polar surface area (TPSA) is 70.2 Å². The average Bonchev–Trinajstić information content (AvgIpc) is 2.80. The van der Waals surface area contributed by atoms with Crippen LogP contribution in [0.5, 0.6) is 0 Å². The molecule has 9 heteroatoms. The number of morpholine rings is 1. The van der Waals surface area contributed by atoms with Gasteiger partial charge in [0, 0.05) is 50.5 Å². The number of ether oxygens (including phenoxy) is 1. The summed E-state index contributed by atoms with van der Waals surface area (Å²) in [7, 11) is -4.02. The van der Waals surface area contributed by atoms with Gasteiger partial charge in [-0.3, -0.25) is 4.79 Å². The van der Waals surface area contributed by atoms with Crippen molar-refractivity contribution < 1.29 is 22.3 Å². The lowest BCUT2D eigenvalue weighted by atomic mass is 10.1. The number of amides is 1. The average molecular weight is 434 g/mol. The van der Waals surface area contributed by atoms with Crippen molar-refractivity contribution in [1.29, 1.82) is 0 Å². The van der Waals surface area contributed by atoms with E-state index in [9.17, 15) is 17.6 Å². The first-order chi connectivity index (χ1) is 14.5. The molecule has 0 unspecified atom stereocenters. The highest BCUT2D eigenvalue weighted by Gasteiger charge is 2.31. The van der Waals surface area contributed by atoms with Crippen molar-refractivity contribution >= 4 is 21.6 Å². The first kappa shape index (κ1) is 20.8. The van der Waals surface area contributed by atoms with Crippen molar-refractivity contribution in [2.24, 2.45) is 0 Å². The van der Waals surface area contributed by atoms with Crippen molar-refractivity contribution in [1.82, 2.24) is 9.21 Å². The molecular weight excluding hydrogens is 409 g/mol. The molecule has 2 fully saturated rings. The van der Waals surface area contributed by atoms with Gasteiger partial charge in [0.1, 0.15) is 10.7 Å². The van der Waals surface area contributed by atoms with Gasteiger partial charge in [-0.1, -0.05) is 18.2 Å². The molecule has 0 N–H and O–H groups in total. The minimum absolute atomic E-state index is 0.168. The summed E-state index contributed by atoms with van der Waals surface area (Å²) < 4.78 is 46.5. The van der Waals surface area contributed by atoms with E-state index in [1.165, 1.54) is 10.4 Å². The molecule has 1 amide bonds. The van der Waals surface area contributed by atoms with Crippen LogP contribution in [0.15, 0.2) is 53.4 Å². The number of sulfonamides is 1. The third kappa shape index (κ3) is 4.19. The molecule has 160 valence electrons. The van der Waals surface area contributed by atoms with Crippen LogP contribution in [0.1, 0.15) is 10.4 Å². The predicted molar refractivity (Wildman–Crippen MR) is 111 cm³/mol. The minimum Gasteiger partial charge on any atom is -0.379 e. The Hall–Kier alpha value is -2.49. The zero-order valence-corrected chi connectivity index (χ0v) is 17.4. The monoisotopic (exact) mass is 433 g/mol. The summed E-state index contributed by atoms with van der Waals surface area (Å²) in [5.41, 5.74) is 1.28. The predicted octanol–water partition coefficient (Wildman–Crippen LogP) is 1.81. The number of carbonyl (C=O) groups is 1. The molecule has 2 aromatic rings. The van der Waals surface area contributed by atoms with Gasteiger partial charge in [-0.25, -0.2) is 12.8 Å². The molecule has 4 rings (SSSR count). The number of anilines is 1. The fourth-order valence-corrected chi connectivity index (χ4v) is 5.25. The van der Waals surface area contributed by atoms with Crippen LogP contribution in [-0.4, -0.2) is 76.0 Å². The fraction of sp³-hybridized carbons (Fsp3) is 0.381. The minimum atomic E-state index is -4.02. The van der Waals surface area contributed by atoms with Gasteiger partial charge < -0.3 is 14.5 Å². The van der Waals surface area contributed by atoms with Crippen molar-refractivity contribution in [2.45, 2.75) is 4.90 Å². The number of piperazine rings is 1. The highest BCUT2D eigenvalue weighted by molar-refractivity contribution is 7.89. The summed E-state index contributed by atoms with van der Waals surface area (Å²) >= 11 is 0. The first-order valence-electron chi connectivity index (χ1n) is 9.93. The number of nitrogens with zero attached hydrogens (tertiary/aromatic N) is 3. The van der Waals surface area contributed by atoms with E-state index in [1.807, 2.05) is 30.3 Å². The third-order valence-electron chi connectivity index (χ3n) is 5.45. The van der Waals surface area contributed by atoms with Crippen LogP contribution in [0.3, 0.4) is 0 Å². The van der Waals surface area contributed by atoms with Gasteiger partial charge in [-0.15, -0.1) is 0 Å². The molecule has 2 saturated heterocycles. The van der Waals surface area contributed by atoms with E-state index in [4.69, 9.17) is 4.74 Å².